The van der Waals surface area contributed by atoms with Crippen LogP contribution in [0.2, 0.25) is 0 Å². The molecule has 0 N–H and O–H groups in total. The van der Waals surface area contributed by atoms with Gasteiger partial charge in [-0.25, -0.2) is 18.0 Å². The molecule has 14 nitrogen and oxygen atoms in total. The first-order valence-electron chi connectivity index (χ1n) is 42.7. The van der Waals surface area contributed by atoms with Crippen molar-refractivity contribution in [3.05, 3.63) is 182 Å². The summed E-state index contributed by atoms with van der Waals surface area (Å²) in [6, 6.07) is 63.3. The first kappa shape index (κ1) is 88.6. The Morgan fingerprint density at radius 3 is 1.00 bits per heavy atom. The predicted molar refractivity (Wildman–Crippen MR) is 492 cm³/mol. The molecule has 16 rings (SSSR count). The number of carbonyl (C=O) groups excluding carboxylic acids is 4. The van der Waals surface area contributed by atoms with Gasteiger partial charge >= 0.3 is 11.9 Å². The molecule has 0 aromatic heterocycles. The van der Waals surface area contributed by atoms with E-state index in [-0.39, 0.29) is 61.6 Å². The van der Waals surface area contributed by atoms with E-state index in [0.717, 1.165) is 75.2 Å². The summed E-state index contributed by atoms with van der Waals surface area (Å²) in [5.41, 5.74) is 0. The number of rotatable bonds is 25. The van der Waals surface area contributed by atoms with Crippen LogP contribution in [0, 0.1) is 0 Å². The van der Waals surface area contributed by atoms with Crippen LogP contribution in [0.3, 0.4) is 0 Å². The van der Waals surface area contributed by atoms with Crippen molar-refractivity contribution in [3.63, 3.8) is 0 Å². The quantitative estimate of drug-likeness (QED) is 0.0391. The normalized spacial score (nSPS) is 17.0. The van der Waals surface area contributed by atoms with Crippen LogP contribution < -0.4 is 23.7 Å². The lowest BCUT2D eigenvalue weighted by atomic mass is 10.1. The van der Waals surface area contributed by atoms with Crippen LogP contribution in [-0.4, -0.2) is 165 Å². The molecule has 622 valence electrons. The van der Waals surface area contributed by atoms with E-state index in [4.69, 9.17) is 33.2 Å². The summed E-state index contributed by atoms with van der Waals surface area (Å²) < 4.78 is 62.5. The Bertz CT molecular complexity index is 5020. The fraction of sp³-hybridized carbons (Fsp3) is 0.443. The second-order valence-electron chi connectivity index (χ2n) is 30.3. The van der Waals surface area contributed by atoms with Gasteiger partial charge in [0.1, 0.15) is 99.5 Å². The second-order valence-corrected chi connectivity index (χ2v) is 44.0. The van der Waals surface area contributed by atoms with Crippen LogP contribution in [0.25, 0.3) is 53.9 Å². The summed E-state index contributed by atoms with van der Waals surface area (Å²) in [6.07, 6.45) is 21.2. The summed E-state index contributed by atoms with van der Waals surface area (Å²) in [5.74, 6) is 16.8. The van der Waals surface area contributed by atoms with Crippen molar-refractivity contribution in [2.45, 2.75) is 174 Å². The maximum Gasteiger partial charge on any atom is 0.347 e. The average Bonchev–Trinajstić information content (AvgIpc) is 1.66. The van der Waals surface area contributed by atoms with Crippen LogP contribution in [0.4, 0.5) is 0 Å². The topological polar surface area (TPSA) is 170 Å². The van der Waals surface area contributed by atoms with Crippen molar-refractivity contribution in [1.29, 1.82) is 0 Å². The number of cyclic esters (lactones) is 1. The Morgan fingerprint density at radius 2 is 0.692 bits per heavy atom. The van der Waals surface area contributed by atoms with Gasteiger partial charge in [-0.1, -0.05) is 105 Å². The molecule has 0 radical (unpaired) electrons. The molecule has 0 bridgehead atoms. The number of hydrogen-bond donors (Lipinski definition) is 0. The lowest BCUT2D eigenvalue weighted by Crippen LogP contribution is -2.34. The number of ether oxygens (including phenoxy) is 7. The number of esters is 2. The maximum atomic E-state index is 12.2. The van der Waals surface area contributed by atoms with E-state index in [1.807, 2.05) is 69.3 Å². The molecule has 6 heterocycles. The highest BCUT2D eigenvalue weighted by Crippen LogP contribution is 2.41. The zero-order chi connectivity index (χ0) is 81.7. The van der Waals surface area contributed by atoms with Gasteiger partial charge in [-0.2, -0.15) is 0 Å². The number of amides is 1. The molecular weight excluding hydrogens is 1580 g/mol. The van der Waals surface area contributed by atoms with Gasteiger partial charge in [-0.3, -0.25) is 9.59 Å². The molecule has 117 heavy (non-hydrogen) atoms. The summed E-state index contributed by atoms with van der Waals surface area (Å²) in [5, 5.41) is 12.0. The summed E-state index contributed by atoms with van der Waals surface area (Å²) >= 11 is 0. The smallest absolute Gasteiger partial charge is 0.347 e. The van der Waals surface area contributed by atoms with E-state index < -0.39 is 15.9 Å². The van der Waals surface area contributed by atoms with Crippen molar-refractivity contribution >= 4 is 142 Å². The third-order valence-electron chi connectivity index (χ3n) is 22.1. The van der Waals surface area contributed by atoms with Gasteiger partial charge < -0.3 is 38.1 Å². The third-order valence-corrected chi connectivity index (χ3v) is 36.5. The van der Waals surface area contributed by atoms with E-state index in [1.165, 1.54) is 205 Å². The minimum Gasteiger partial charge on any atom is -0.492 e. The molecule has 1 atom stereocenters. The fourth-order valence-electron chi connectivity index (χ4n) is 15.9. The lowest BCUT2D eigenvalue weighted by Gasteiger charge is -2.19. The number of Topliss-reactive ketones (excluding diaryl/α,β-unsaturated/α-hetero) is 1. The molecule has 10 aromatic rings. The highest BCUT2D eigenvalue weighted by molar-refractivity contribution is 7.98. The van der Waals surface area contributed by atoms with Crippen molar-refractivity contribution in [2.24, 2.45) is 0 Å². The molecule has 0 aliphatic carbocycles. The summed E-state index contributed by atoms with van der Waals surface area (Å²) in [6.45, 7) is 12.0. The first-order valence-corrected chi connectivity index (χ1v) is 52.3. The fourth-order valence-corrected chi connectivity index (χ4v) is 29.0. The van der Waals surface area contributed by atoms with Crippen molar-refractivity contribution < 1.29 is 60.8 Å². The number of ketones is 1. The first-order chi connectivity index (χ1) is 57.2. The van der Waals surface area contributed by atoms with Gasteiger partial charge in [-0.15, -0.1) is 0 Å². The van der Waals surface area contributed by atoms with Crippen molar-refractivity contribution in [1.82, 2.24) is 4.90 Å². The van der Waals surface area contributed by atoms with Crippen LogP contribution in [-0.2, 0) is 93.0 Å². The van der Waals surface area contributed by atoms with Gasteiger partial charge in [0.05, 0.1) is 19.0 Å². The Balaban J connectivity index is 0.000000135. The van der Waals surface area contributed by atoms with E-state index >= 15 is 0 Å². The van der Waals surface area contributed by atoms with Crippen LogP contribution >= 0.6 is 0 Å². The maximum absolute atomic E-state index is 12.2. The number of hydrogen-bond acceptors (Lipinski definition) is 13. The number of benzene rings is 10. The molecule has 1 amide bonds. The molecule has 6 aliphatic rings. The number of carbonyl (C=O) groups is 4. The van der Waals surface area contributed by atoms with Gasteiger partial charge in [0.25, 0.3) is 5.91 Å². The average molecular weight is 1700 g/mol. The van der Waals surface area contributed by atoms with Crippen molar-refractivity contribution in [2.75, 3.05) is 122 Å². The van der Waals surface area contributed by atoms with Gasteiger partial charge in [0, 0.05) is 134 Å². The molecule has 20 heteroatoms. The molecule has 0 spiro atoms. The second kappa shape index (κ2) is 45.6. The van der Waals surface area contributed by atoms with Gasteiger partial charge in [-0.05, 0) is 214 Å². The molecule has 10 aromatic carbocycles. The highest BCUT2D eigenvalue weighted by atomic mass is 32.2. The van der Waals surface area contributed by atoms with E-state index in [1.54, 1.807) is 18.7 Å². The number of fused-ring (bicyclic) bond motifs is 5. The van der Waals surface area contributed by atoms with Crippen LogP contribution in [0.5, 0.6) is 28.7 Å². The molecule has 6 fully saturated rings. The SMILES string of the molecule is CC(=O)COc1ccc([S+]2CCCCC2)c2ccccc12.CCCOC(=O)COc1ccc([S+]2CCCCC2)c2ccccc12.CCN(CC)C(=O)COc1ccc([S+]2CCCCC2)c2ccccc12.CCS(=O)(=O)CCOc1ccc([S+]2CCCCC2)c2ccccc12.O=C1OCCC1Oc1ccc([S+]2CCCCC2)c2ccccc12. The number of sulfone groups is 1. The number of likely N-dealkylation sites (N-methyl/N-ethyl adjacent to an activating group) is 1. The summed E-state index contributed by atoms with van der Waals surface area (Å²) in [7, 11) is -1.23. The van der Waals surface area contributed by atoms with E-state index in [0.29, 0.717) is 74.1 Å². The molecule has 6 aliphatic heterocycles. The Hall–Kier alpha value is -7.72. The molecule has 1 unspecified atom stereocenters. The molecule has 0 saturated carbocycles. The highest BCUT2D eigenvalue weighted by Gasteiger charge is 2.35. The standard InChI is InChI=1S/C21H28NO2S.C20H25O3S.C19H25O3S2.C19H21O3S.C18H21O2S/c1-3-22(4-2)21(23)16-24-19-12-13-20(25-14-8-5-9-15-25)18-11-7-6-10-17(18)19;1-2-12-22-20(21)15-23-18-10-11-19(24-13-6-3-7-14-24)17-9-5-4-8-16(17)18;1-2-24(20,21)15-12-22-18-10-11-19(23-13-6-3-7-14-23)17-9-5-4-8-16(17)18;20-19-17(10-11-21-19)22-16-8-9-18(23-12-4-1-5-13-23)15-7-3-2-6-14(15)16;1-14(19)13-20-17-9-10-18(21-11-5-2-6-12-21)16-8-4-3-7-15(16)17/h6-7,10-13H,3-5,8-9,14-16H2,1-2H3;2*4-5,8-11H,2-3,6-7,12-15H2,1H3;2-3,6-9,17H,1,4-5,10-13H2;3-4,7-10H,2,5-6,11-13H2,1H3/q5*+1. The minimum absolute atomic E-state index is 0.0327. The zero-order valence-corrected chi connectivity index (χ0v) is 74.2. The Morgan fingerprint density at radius 1 is 0.385 bits per heavy atom. The van der Waals surface area contributed by atoms with Gasteiger partial charge in [0.2, 0.25) is 0 Å². The molecular formula is C97H120NO13S6+5. The summed E-state index contributed by atoms with van der Waals surface area (Å²) in [4.78, 5) is 55.8. The Kier molecular flexibility index (Phi) is 34.5. The van der Waals surface area contributed by atoms with E-state index in [2.05, 4.69) is 133 Å². The largest absolute Gasteiger partial charge is 0.492 e. The monoisotopic (exact) mass is 1700 g/mol. The zero-order valence-electron chi connectivity index (χ0n) is 69.3. The van der Waals surface area contributed by atoms with E-state index in [9.17, 15) is 27.6 Å². The lowest BCUT2D eigenvalue weighted by molar-refractivity contribution is -0.146. The molecule has 6 saturated heterocycles. The minimum atomic E-state index is -2.99. The van der Waals surface area contributed by atoms with Crippen molar-refractivity contribution in [3.8, 4) is 28.7 Å². The predicted octanol–water partition coefficient (Wildman–Crippen LogP) is 20.1. The third kappa shape index (κ3) is 24.5. The van der Waals surface area contributed by atoms with Crippen LogP contribution in [0.1, 0.15) is 144 Å². The van der Waals surface area contributed by atoms with Crippen LogP contribution in [0.15, 0.2) is 206 Å². The van der Waals surface area contributed by atoms with Gasteiger partial charge in [0.15, 0.2) is 59.4 Å². The number of nitrogens with zero attached hydrogens (tertiary/aromatic N) is 1. The Labute approximate surface area is 708 Å².